The lowest BCUT2D eigenvalue weighted by Gasteiger charge is -2.22. The minimum absolute atomic E-state index is 0.0704. The van der Waals surface area contributed by atoms with Crippen LogP contribution in [0.4, 0.5) is 0 Å². The van der Waals surface area contributed by atoms with E-state index in [2.05, 4.69) is 9.71 Å². The van der Waals surface area contributed by atoms with Gasteiger partial charge in [-0.3, -0.25) is 0 Å². The highest BCUT2D eigenvalue weighted by Crippen LogP contribution is 2.15. The molecule has 0 aliphatic carbocycles. The van der Waals surface area contributed by atoms with Crippen molar-refractivity contribution in [1.82, 2.24) is 9.71 Å². The van der Waals surface area contributed by atoms with Gasteiger partial charge < -0.3 is 4.74 Å². The van der Waals surface area contributed by atoms with E-state index in [9.17, 15) is 8.42 Å². The molecule has 96 valence electrons. The maximum atomic E-state index is 12.1. The van der Waals surface area contributed by atoms with Crippen molar-refractivity contribution in [1.29, 1.82) is 5.26 Å². The zero-order valence-electron chi connectivity index (χ0n) is 9.67. The van der Waals surface area contributed by atoms with E-state index in [1.54, 1.807) is 6.07 Å². The topological polar surface area (TPSA) is 92.1 Å². The second-order valence-corrected chi connectivity index (χ2v) is 5.65. The molecule has 2 rings (SSSR count). The molecule has 18 heavy (non-hydrogen) atoms. The Morgan fingerprint density at radius 1 is 1.44 bits per heavy atom. The summed E-state index contributed by atoms with van der Waals surface area (Å²) in [6.07, 6.45) is 2.68. The molecule has 1 fully saturated rings. The summed E-state index contributed by atoms with van der Waals surface area (Å²) in [5, 5.41) is 8.86. The van der Waals surface area contributed by atoms with Gasteiger partial charge in [0.1, 0.15) is 11.0 Å². The molecular formula is C11H13N3O3S. The Kier molecular flexibility index (Phi) is 3.91. The second-order valence-electron chi connectivity index (χ2n) is 3.97. The summed E-state index contributed by atoms with van der Waals surface area (Å²) in [7, 11) is -3.69. The third-order valence-electron chi connectivity index (χ3n) is 2.71. The number of pyridine rings is 1. The Morgan fingerprint density at radius 2 is 2.17 bits per heavy atom. The smallest absolute Gasteiger partial charge is 0.243 e. The van der Waals surface area contributed by atoms with E-state index in [1.165, 1.54) is 18.3 Å². The summed E-state index contributed by atoms with van der Waals surface area (Å²) < 4.78 is 32.0. The molecule has 1 aromatic heterocycles. The average Bonchev–Trinajstić information content (AvgIpc) is 2.39. The predicted octanol–water partition coefficient (Wildman–Crippen LogP) is 0.411. The standard InChI is InChI=1S/C11H13N3O3S/c12-8-10-11(2-1-5-13-10)18(15,16)14-9-3-6-17-7-4-9/h1-2,5,9,14H,3-4,6-7H2. The predicted molar refractivity (Wildman–Crippen MR) is 63.1 cm³/mol. The molecule has 0 unspecified atom stereocenters. The summed E-state index contributed by atoms with van der Waals surface area (Å²) in [6.45, 7) is 1.09. The second kappa shape index (κ2) is 5.44. The van der Waals surface area contributed by atoms with Crippen LogP contribution in [0.5, 0.6) is 0 Å². The summed E-state index contributed by atoms with van der Waals surface area (Å²) >= 11 is 0. The average molecular weight is 267 g/mol. The molecule has 7 heteroatoms. The van der Waals surface area contributed by atoms with E-state index < -0.39 is 10.0 Å². The summed E-state index contributed by atoms with van der Waals surface area (Å²) in [4.78, 5) is 3.68. The number of aromatic nitrogens is 1. The zero-order valence-corrected chi connectivity index (χ0v) is 10.5. The number of ether oxygens (including phenoxy) is 1. The van der Waals surface area contributed by atoms with E-state index in [-0.39, 0.29) is 16.6 Å². The first kappa shape index (κ1) is 13.0. The molecule has 1 saturated heterocycles. The Balaban J connectivity index is 2.22. The van der Waals surface area contributed by atoms with Gasteiger partial charge in [0.05, 0.1) is 0 Å². The highest BCUT2D eigenvalue weighted by atomic mass is 32.2. The Morgan fingerprint density at radius 3 is 2.83 bits per heavy atom. The highest BCUT2D eigenvalue weighted by molar-refractivity contribution is 7.89. The molecule has 0 radical (unpaired) electrons. The lowest BCUT2D eigenvalue weighted by atomic mass is 10.1. The fourth-order valence-corrected chi connectivity index (χ4v) is 3.20. The Bertz CT molecular complexity index is 559. The van der Waals surface area contributed by atoms with Crippen molar-refractivity contribution in [3.8, 4) is 6.07 Å². The summed E-state index contributed by atoms with van der Waals surface area (Å²) in [5.41, 5.74) is -0.0861. The Labute approximate surface area is 106 Å². The van der Waals surface area contributed by atoms with Crippen LogP contribution in [0, 0.1) is 11.3 Å². The van der Waals surface area contributed by atoms with Gasteiger partial charge in [-0.15, -0.1) is 0 Å². The van der Waals surface area contributed by atoms with E-state index >= 15 is 0 Å². The minimum Gasteiger partial charge on any atom is -0.381 e. The van der Waals surface area contributed by atoms with E-state index in [1.807, 2.05) is 0 Å². The van der Waals surface area contributed by atoms with Crippen LogP contribution < -0.4 is 4.72 Å². The molecule has 2 heterocycles. The number of rotatable bonds is 3. The van der Waals surface area contributed by atoms with Gasteiger partial charge in [-0.05, 0) is 25.0 Å². The van der Waals surface area contributed by atoms with Gasteiger partial charge in [0.2, 0.25) is 10.0 Å². The SMILES string of the molecule is N#Cc1ncccc1S(=O)(=O)NC1CCOCC1. The van der Waals surface area contributed by atoms with Crippen molar-refractivity contribution in [3.63, 3.8) is 0 Å². The van der Waals surface area contributed by atoms with Crippen molar-refractivity contribution in [2.45, 2.75) is 23.8 Å². The number of nitrogens with one attached hydrogen (secondary N) is 1. The number of hydrogen-bond donors (Lipinski definition) is 1. The van der Waals surface area contributed by atoms with Crippen LogP contribution in [0.15, 0.2) is 23.2 Å². The molecule has 0 saturated carbocycles. The van der Waals surface area contributed by atoms with Gasteiger partial charge in [0, 0.05) is 25.5 Å². The third kappa shape index (κ3) is 2.85. The number of nitriles is 1. The normalized spacial score (nSPS) is 17.3. The monoisotopic (exact) mass is 267 g/mol. The number of nitrogens with zero attached hydrogens (tertiary/aromatic N) is 2. The summed E-state index contributed by atoms with van der Waals surface area (Å²) in [5.74, 6) is 0. The van der Waals surface area contributed by atoms with Crippen LogP contribution in [-0.4, -0.2) is 32.7 Å². The van der Waals surface area contributed by atoms with Crippen LogP contribution in [-0.2, 0) is 14.8 Å². The van der Waals surface area contributed by atoms with Crippen LogP contribution in [0.1, 0.15) is 18.5 Å². The van der Waals surface area contributed by atoms with Crippen molar-refractivity contribution < 1.29 is 13.2 Å². The molecule has 1 aromatic rings. The van der Waals surface area contributed by atoms with Gasteiger partial charge in [-0.1, -0.05) is 0 Å². The molecule has 0 amide bonds. The highest BCUT2D eigenvalue weighted by Gasteiger charge is 2.24. The van der Waals surface area contributed by atoms with Crippen LogP contribution in [0.3, 0.4) is 0 Å². The number of hydrogen-bond acceptors (Lipinski definition) is 5. The van der Waals surface area contributed by atoms with Crippen molar-refractivity contribution in [2.75, 3.05) is 13.2 Å². The minimum atomic E-state index is -3.69. The van der Waals surface area contributed by atoms with Crippen LogP contribution in [0.25, 0.3) is 0 Å². The van der Waals surface area contributed by atoms with E-state index in [0.29, 0.717) is 26.1 Å². The molecule has 0 bridgehead atoms. The molecule has 1 aliphatic heterocycles. The molecule has 6 nitrogen and oxygen atoms in total. The molecule has 1 aliphatic rings. The van der Waals surface area contributed by atoms with Crippen molar-refractivity contribution >= 4 is 10.0 Å². The summed E-state index contributed by atoms with van der Waals surface area (Å²) in [6, 6.07) is 4.52. The molecule has 0 spiro atoms. The first-order valence-electron chi connectivity index (χ1n) is 5.58. The fraction of sp³-hybridized carbons (Fsp3) is 0.455. The molecule has 0 aromatic carbocycles. The van der Waals surface area contributed by atoms with E-state index in [0.717, 1.165) is 0 Å². The van der Waals surface area contributed by atoms with E-state index in [4.69, 9.17) is 10.00 Å². The number of sulfonamides is 1. The first-order chi connectivity index (χ1) is 8.63. The fourth-order valence-electron chi connectivity index (χ4n) is 1.79. The van der Waals surface area contributed by atoms with Gasteiger partial charge in [0.25, 0.3) is 0 Å². The van der Waals surface area contributed by atoms with Gasteiger partial charge in [-0.25, -0.2) is 18.1 Å². The molecular weight excluding hydrogens is 254 g/mol. The maximum absolute atomic E-state index is 12.1. The van der Waals surface area contributed by atoms with Gasteiger partial charge in [0.15, 0.2) is 5.69 Å². The van der Waals surface area contributed by atoms with Crippen molar-refractivity contribution in [2.24, 2.45) is 0 Å². The lowest BCUT2D eigenvalue weighted by molar-refractivity contribution is 0.0832. The lowest BCUT2D eigenvalue weighted by Crippen LogP contribution is -2.39. The molecule has 1 N–H and O–H groups in total. The molecule has 0 atom stereocenters. The Hall–Kier alpha value is -1.49. The quantitative estimate of drug-likeness (QED) is 0.856. The van der Waals surface area contributed by atoms with Gasteiger partial charge >= 0.3 is 0 Å². The third-order valence-corrected chi connectivity index (χ3v) is 4.26. The van der Waals surface area contributed by atoms with Gasteiger partial charge in [-0.2, -0.15) is 5.26 Å². The van der Waals surface area contributed by atoms with Crippen molar-refractivity contribution in [3.05, 3.63) is 24.0 Å². The first-order valence-corrected chi connectivity index (χ1v) is 7.07. The zero-order chi connectivity index (χ0) is 13.0. The van der Waals surface area contributed by atoms with Crippen LogP contribution in [0.2, 0.25) is 0 Å². The largest absolute Gasteiger partial charge is 0.381 e. The van der Waals surface area contributed by atoms with Crippen LogP contribution >= 0.6 is 0 Å². The maximum Gasteiger partial charge on any atom is 0.243 e.